The highest BCUT2D eigenvalue weighted by Crippen LogP contribution is 2.18. The molecule has 2 atom stereocenters. The lowest BCUT2D eigenvalue weighted by atomic mass is 10.0. The molecule has 7 nitrogen and oxygen atoms in total. The summed E-state index contributed by atoms with van der Waals surface area (Å²) in [6.07, 6.45) is 4.78. The van der Waals surface area contributed by atoms with Gasteiger partial charge in [0, 0.05) is 24.4 Å². The van der Waals surface area contributed by atoms with Crippen LogP contribution >= 0.6 is 0 Å². The number of pyridine rings is 1. The summed E-state index contributed by atoms with van der Waals surface area (Å²) in [6, 6.07) is 26.4. The van der Waals surface area contributed by atoms with E-state index in [2.05, 4.69) is 15.6 Å². The summed E-state index contributed by atoms with van der Waals surface area (Å²) in [5, 5.41) is 4.26. The van der Waals surface area contributed by atoms with Gasteiger partial charge in [-0.1, -0.05) is 90.5 Å². The van der Waals surface area contributed by atoms with Gasteiger partial charge in [-0.2, -0.15) is 4.39 Å². The van der Waals surface area contributed by atoms with Crippen LogP contribution in [0.15, 0.2) is 121 Å². The molecule has 0 aliphatic rings. The van der Waals surface area contributed by atoms with Gasteiger partial charge < -0.3 is 10.6 Å². The summed E-state index contributed by atoms with van der Waals surface area (Å²) in [7, 11) is -4.29. The quantitative estimate of drug-likeness (QED) is 0.218. The first-order valence-electron chi connectivity index (χ1n) is 13.9. The van der Waals surface area contributed by atoms with Gasteiger partial charge in [-0.05, 0) is 54.7 Å². The third kappa shape index (κ3) is 9.72. The minimum Gasteiger partial charge on any atom is -0.348 e. The van der Waals surface area contributed by atoms with Gasteiger partial charge in [0.2, 0.25) is 20.9 Å². The smallest absolute Gasteiger partial charge is 0.252 e. The van der Waals surface area contributed by atoms with Crippen molar-refractivity contribution in [3.63, 3.8) is 0 Å². The number of hydrogen-bond donors (Lipinski definition) is 2. The van der Waals surface area contributed by atoms with Gasteiger partial charge in [0.15, 0.2) is 0 Å². The maximum atomic E-state index is 15.4. The minimum atomic E-state index is -4.29. The first-order chi connectivity index (χ1) is 20.7. The molecule has 0 radical (unpaired) electrons. The minimum absolute atomic E-state index is 0.173. The molecule has 3 aromatic carbocycles. The normalized spacial score (nSPS) is 13.1. The standard InChI is InChI=1S/C34H34FN3O4S/c1-25-12-14-27(15-13-25)22-31(38-33(39)29-18-20-36-21-19-29)34(40)37-30(17-16-26-8-4-2-5-9-26)23-32(35)43(41,42)24-28-10-6-3-7-11-28/h2-15,18-21,23,30-31H,16-17,22,24H2,1H3,(H,37,40)(H,38,39)/b32-23+/t30-,31-/m0/s1. The van der Waals surface area contributed by atoms with Gasteiger partial charge in [0.1, 0.15) is 6.04 Å². The van der Waals surface area contributed by atoms with E-state index in [9.17, 15) is 18.0 Å². The van der Waals surface area contributed by atoms with Crippen LogP contribution in [0.1, 0.15) is 39.0 Å². The van der Waals surface area contributed by atoms with Gasteiger partial charge in [0.25, 0.3) is 5.91 Å². The Morgan fingerprint density at radius 2 is 1.42 bits per heavy atom. The predicted molar refractivity (Wildman–Crippen MR) is 165 cm³/mol. The first-order valence-corrected chi connectivity index (χ1v) is 15.6. The Bertz CT molecular complexity index is 1630. The molecular formula is C34H34FN3O4S. The number of rotatable bonds is 13. The van der Waals surface area contributed by atoms with Crippen LogP contribution in [0.25, 0.3) is 0 Å². The fourth-order valence-corrected chi connectivity index (χ4v) is 5.63. The van der Waals surface area contributed by atoms with Crippen molar-refractivity contribution in [3.05, 3.63) is 149 Å². The number of aromatic nitrogens is 1. The molecule has 0 bridgehead atoms. The van der Waals surface area contributed by atoms with Crippen molar-refractivity contribution in [2.45, 2.75) is 44.0 Å². The monoisotopic (exact) mass is 599 g/mol. The Balaban J connectivity index is 1.58. The van der Waals surface area contributed by atoms with E-state index in [-0.39, 0.29) is 12.8 Å². The van der Waals surface area contributed by atoms with Crippen LogP contribution in [0.4, 0.5) is 4.39 Å². The van der Waals surface area contributed by atoms with Gasteiger partial charge in [-0.25, -0.2) is 8.42 Å². The van der Waals surface area contributed by atoms with Gasteiger partial charge in [-0.15, -0.1) is 0 Å². The van der Waals surface area contributed by atoms with E-state index in [1.165, 1.54) is 24.5 Å². The van der Waals surface area contributed by atoms with E-state index in [1.54, 1.807) is 30.3 Å². The van der Waals surface area contributed by atoms with Crippen LogP contribution in [-0.2, 0) is 33.2 Å². The van der Waals surface area contributed by atoms with Crippen molar-refractivity contribution in [1.29, 1.82) is 0 Å². The molecule has 1 heterocycles. The van der Waals surface area contributed by atoms with Gasteiger partial charge in [-0.3, -0.25) is 14.6 Å². The third-order valence-electron chi connectivity index (χ3n) is 6.87. The molecule has 0 aliphatic heterocycles. The van der Waals surface area contributed by atoms with Crippen LogP contribution in [0.5, 0.6) is 0 Å². The van der Waals surface area contributed by atoms with Crippen LogP contribution in [-0.4, -0.2) is 37.3 Å². The second-order valence-corrected chi connectivity index (χ2v) is 12.2. The summed E-state index contributed by atoms with van der Waals surface area (Å²) < 4.78 is 41.1. The molecular weight excluding hydrogens is 565 g/mol. The maximum absolute atomic E-state index is 15.4. The number of benzene rings is 3. The van der Waals surface area contributed by atoms with E-state index in [4.69, 9.17) is 0 Å². The van der Waals surface area contributed by atoms with Crippen LogP contribution in [0, 0.1) is 6.92 Å². The van der Waals surface area contributed by atoms with E-state index >= 15 is 4.39 Å². The predicted octanol–water partition coefficient (Wildman–Crippen LogP) is 5.27. The highest BCUT2D eigenvalue weighted by atomic mass is 32.2. The average Bonchev–Trinajstić information content (AvgIpc) is 3.01. The van der Waals surface area contributed by atoms with Crippen molar-refractivity contribution in [2.24, 2.45) is 0 Å². The van der Waals surface area contributed by atoms with Gasteiger partial charge >= 0.3 is 0 Å². The highest BCUT2D eigenvalue weighted by Gasteiger charge is 2.26. The van der Waals surface area contributed by atoms with E-state index in [1.807, 2.05) is 61.5 Å². The van der Waals surface area contributed by atoms with Crippen LogP contribution in [0.2, 0.25) is 0 Å². The zero-order valence-electron chi connectivity index (χ0n) is 23.8. The average molecular weight is 600 g/mol. The van der Waals surface area contributed by atoms with E-state index in [0.717, 1.165) is 22.8 Å². The third-order valence-corrected chi connectivity index (χ3v) is 8.31. The fourth-order valence-electron chi connectivity index (χ4n) is 4.49. The molecule has 0 unspecified atom stereocenters. The molecule has 0 saturated carbocycles. The SMILES string of the molecule is Cc1ccc(C[C@H](NC(=O)c2ccncc2)C(=O)N[C@H](/C=C(\F)S(=O)(=O)Cc2ccccc2)CCc2ccccc2)cc1. The van der Waals surface area contributed by atoms with E-state index < -0.39 is 44.6 Å². The lowest BCUT2D eigenvalue weighted by Crippen LogP contribution is -2.50. The summed E-state index contributed by atoms with van der Waals surface area (Å²) in [4.78, 5) is 30.6. The van der Waals surface area contributed by atoms with Crippen molar-refractivity contribution in [1.82, 2.24) is 15.6 Å². The number of aryl methyl sites for hydroxylation is 2. The van der Waals surface area contributed by atoms with E-state index in [0.29, 0.717) is 17.5 Å². The Morgan fingerprint density at radius 3 is 2.05 bits per heavy atom. The Kier molecular flexibility index (Phi) is 10.9. The molecule has 0 spiro atoms. The molecule has 0 fully saturated rings. The number of sulfone groups is 1. The first kappa shape index (κ1) is 31.3. The molecule has 4 rings (SSSR count). The molecule has 2 N–H and O–H groups in total. The number of nitrogens with one attached hydrogen (secondary N) is 2. The van der Waals surface area contributed by atoms with Crippen LogP contribution in [0.3, 0.4) is 0 Å². The van der Waals surface area contributed by atoms with Crippen molar-refractivity contribution in [3.8, 4) is 0 Å². The van der Waals surface area contributed by atoms with Crippen molar-refractivity contribution < 1.29 is 22.4 Å². The Labute approximate surface area is 251 Å². The number of carbonyl (C=O) groups is 2. The topological polar surface area (TPSA) is 105 Å². The molecule has 9 heteroatoms. The van der Waals surface area contributed by atoms with Crippen LogP contribution < -0.4 is 10.6 Å². The lowest BCUT2D eigenvalue weighted by molar-refractivity contribution is -0.123. The molecule has 222 valence electrons. The van der Waals surface area contributed by atoms with Gasteiger partial charge in [0.05, 0.1) is 11.8 Å². The molecule has 43 heavy (non-hydrogen) atoms. The maximum Gasteiger partial charge on any atom is 0.252 e. The number of carbonyl (C=O) groups excluding carboxylic acids is 2. The zero-order chi connectivity index (χ0) is 30.7. The molecule has 4 aromatic rings. The largest absolute Gasteiger partial charge is 0.348 e. The highest BCUT2D eigenvalue weighted by molar-refractivity contribution is 7.94. The number of amides is 2. The summed E-state index contributed by atoms with van der Waals surface area (Å²) in [5.41, 5.74) is 3.59. The van der Waals surface area contributed by atoms with Crippen molar-refractivity contribution in [2.75, 3.05) is 0 Å². The summed E-state index contributed by atoms with van der Waals surface area (Å²) >= 11 is 0. The lowest BCUT2D eigenvalue weighted by Gasteiger charge is -2.22. The second-order valence-electron chi connectivity index (χ2n) is 10.3. The zero-order valence-corrected chi connectivity index (χ0v) is 24.6. The molecule has 1 aromatic heterocycles. The summed E-state index contributed by atoms with van der Waals surface area (Å²) in [6.45, 7) is 1.95. The Hall–Kier alpha value is -4.63. The molecule has 0 saturated heterocycles. The molecule has 2 amide bonds. The van der Waals surface area contributed by atoms with Crippen molar-refractivity contribution >= 4 is 21.7 Å². The summed E-state index contributed by atoms with van der Waals surface area (Å²) in [5.74, 6) is -1.54. The molecule has 0 aliphatic carbocycles. The fraction of sp³-hybridized carbons (Fsp3) is 0.206. The number of hydrogen-bond acceptors (Lipinski definition) is 5. The Morgan fingerprint density at radius 1 is 0.814 bits per heavy atom. The number of halogens is 1. The number of nitrogens with zero attached hydrogens (tertiary/aromatic N) is 1. The second kappa shape index (κ2) is 15.0.